The van der Waals surface area contributed by atoms with Gasteiger partial charge in [0.15, 0.2) is 0 Å². The summed E-state index contributed by atoms with van der Waals surface area (Å²) < 4.78 is 1.95. The smallest absolute Gasteiger partial charge is 0.138 e. The molecule has 0 bridgehead atoms. The molecule has 1 saturated carbocycles. The van der Waals surface area contributed by atoms with Gasteiger partial charge in [-0.05, 0) is 25.7 Å². The third-order valence-corrected chi connectivity index (χ3v) is 3.99. The fourth-order valence-electron chi connectivity index (χ4n) is 2.68. The van der Waals surface area contributed by atoms with Gasteiger partial charge in [0.05, 0.1) is 0 Å². The van der Waals surface area contributed by atoms with Gasteiger partial charge in [0, 0.05) is 18.5 Å². The average Bonchev–Trinajstić information content (AvgIpc) is 2.70. The number of hydrogen-bond donors (Lipinski definition) is 1. The standard InChI is InChI=1S/C12H22N4/c1-3-16-11(14-9-15-16)8-12(13)7-5-4-6-10(12)2/h9-10H,3-8,13H2,1-2H3. The van der Waals surface area contributed by atoms with E-state index < -0.39 is 0 Å². The lowest BCUT2D eigenvalue weighted by Gasteiger charge is -2.39. The first-order chi connectivity index (χ1) is 7.65. The number of aryl methyl sites for hydroxylation is 1. The van der Waals surface area contributed by atoms with E-state index in [2.05, 4.69) is 23.9 Å². The Bertz CT molecular complexity index is 347. The minimum Gasteiger partial charge on any atom is -0.324 e. The van der Waals surface area contributed by atoms with Crippen LogP contribution in [0.3, 0.4) is 0 Å². The third-order valence-electron chi connectivity index (χ3n) is 3.99. The summed E-state index contributed by atoms with van der Waals surface area (Å²) >= 11 is 0. The SMILES string of the molecule is CCn1ncnc1CC1(N)CCCCC1C. The average molecular weight is 222 g/mol. The highest BCUT2D eigenvalue weighted by molar-refractivity contribution is 5.01. The maximum atomic E-state index is 6.54. The zero-order valence-corrected chi connectivity index (χ0v) is 10.3. The molecule has 4 nitrogen and oxygen atoms in total. The van der Waals surface area contributed by atoms with Crippen molar-refractivity contribution in [2.45, 2.75) is 58.0 Å². The normalized spacial score (nSPS) is 30.6. The highest BCUT2D eigenvalue weighted by Gasteiger charge is 2.35. The van der Waals surface area contributed by atoms with Crippen molar-refractivity contribution in [2.24, 2.45) is 11.7 Å². The molecule has 1 fully saturated rings. The molecular formula is C12H22N4. The van der Waals surface area contributed by atoms with E-state index in [-0.39, 0.29) is 5.54 Å². The van der Waals surface area contributed by atoms with Crippen molar-refractivity contribution in [2.75, 3.05) is 0 Å². The molecule has 4 heteroatoms. The van der Waals surface area contributed by atoms with Crippen molar-refractivity contribution in [1.82, 2.24) is 14.8 Å². The quantitative estimate of drug-likeness (QED) is 0.847. The van der Waals surface area contributed by atoms with Gasteiger partial charge in [-0.25, -0.2) is 4.98 Å². The number of aromatic nitrogens is 3. The maximum absolute atomic E-state index is 6.54. The van der Waals surface area contributed by atoms with Gasteiger partial charge in [-0.1, -0.05) is 19.8 Å². The lowest BCUT2D eigenvalue weighted by atomic mass is 9.72. The summed E-state index contributed by atoms with van der Waals surface area (Å²) in [6, 6.07) is 0. The topological polar surface area (TPSA) is 56.7 Å². The molecule has 0 saturated heterocycles. The lowest BCUT2D eigenvalue weighted by molar-refractivity contribution is 0.199. The van der Waals surface area contributed by atoms with Gasteiger partial charge >= 0.3 is 0 Å². The van der Waals surface area contributed by atoms with Crippen molar-refractivity contribution in [3.05, 3.63) is 12.2 Å². The molecule has 1 aromatic rings. The predicted octanol–water partition coefficient (Wildman–Crippen LogP) is 1.75. The molecule has 0 spiro atoms. The van der Waals surface area contributed by atoms with Crippen molar-refractivity contribution >= 4 is 0 Å². The van der Waals surface area contributed by atoms with Gasteiger partial charge in [-0.2, -0.15) is 5.10 Å². The largest absolute Gasteiger partial charge is 0.324 e. The molecule has 1 aliphatic carbocycles. The second kappa shape index (κ2) is 4.53. The van der Waals surface area contributed by atoms with Crippen LogP contribution in [0.1, 0.15) is 45.4 Å². The van der Waals surface area contributed by atoms with Crippen LogP contribution in [-0.2, 0) is 13.0 Å². The van der Waals surface area contributed by atoms with E-state index in [0.29, 0.717) is 5.92 Å². The van der Waals surface area contributed by atoms with Crippen LogP contribution in [0.15, 0.2) is 6.33 Å². The van der Waals surface area contributed by atoms with Crippen LogP contribution in [0.4, 0.5) is 0 Å². The number of nitrogens with zero attached hydrogens (tertiary/aromatic N) is 3. The summed E-state index contributed by atoms with van der Waals surface area (Å²) in [4.78, 5) is 4.33. The fourth-order valence-corrected chi connectivity index (χ4v) is 2.68. The van der Waals surface area contributed by atoms with Gasteiger partial charge in [0.1, 0.15) is 12.2 Å². The van der Waals surface area contributed by atoms with Crippen molar-refractivity contribution in [3.8, 4) is 0 Å². The van der Waals surface area contributed by atoms with E-state index in [1.807, 2.05) is 4.68 Å². The van der Waals surface area contributed by atoms with Crippen molar-refractivity contribution in [3.63, 3.8) is 0 Å². The van der Waals surface area contributed by atoms with Crippen LogP contribution in [0, 0.1) is 5.92 Å². The maximum Gasteiger partial charge on any atom is 0.138 e. The highest BCUT2D eigenvalue weighted by atomic mass is 15.3. The van der Waals surface area contributed by atoms with Crippen LogP contribution in [-0.4, -0.2) is 20.3 Å². The van der Waals surface area contributed by atoms with E-state index in [4.69, 9.17) is 5.73 Å². The Kier molecular flexibility index (Phi) is 3.28. The second-order valence-corrected chi connectivity index (χ2v) is 5.05. The Morgan fingerprint density at radius 2 is 2.38 bits per heavy atom. The van der Waals surface area contributed by atoms with E-state index in [1.54, 1.807) is 6.33 Å². The van der Waals surface area contributed by atoms with E-state index in [1.165, 1.54) is 19.3 Å². The van der Waals surface area contributed by atoms with Crippen molar-refractivity contribution < 1.29 is 0 Å². The Morgan fingerprint density at radius 3 is 3.06 bits per heavy atom. The molecule has 1 heterocycles. The lowest BCUT2D eigenvalue weighted by Crippen LogP contribution is -2.50. The Hall–Kier alpha value is -0.900. The zero-order valence-electron chi connectivity index (χ0n) is 10.3. The molecule has 1 aliphatic rings. The zero-order chi connectivity index (χ0) is 11.6. The molecule has 0 radical (unpaired) electrons. The summed E-state index contributed by atoms with van der Waals surface area (Å²) in [6.45, 7) is 5.23. The third kappa shape index (κ3) is 2.12. The van der Waals surface area contributed by atoms with E-state index >= 15 is 0 Å². The first-order valence-electron chi connectivity index (χ1n) is 6.31. The highest BCUT2D eigenvalue weighted by Crippen LogP contribution is 2.33. The number of rotatable bonds is 3. The first kappa shape index (κ1) is 11.6. The second-order valence-electron chi connectivity index (χ2n) is 5.05. The molecular weight excluding hydrogens is 200 g/mol. The summed E-state index contributed by atoms with van der Waals surface area (Å²) in [5.74, 6) is 1.63. The summed E-state index contributed by atoms with van der Waals surface area (Å²) in [6.07, 6.45) is 7.43. The van der Waals surface area contributed by atoms with Gasteiger partial charge in [0.25, 0.3) is 0 Å². The molecule has 16 heavy (non-hydrogen) atoms. The Balaban J connectivity index is 2.13. The molecule has 0 aliphatic heterocycles. The van der Waals surface area contributed by atoms with Crippen molar-refractivity contribution in [1.29, 1.82) is 0 Å². The minimum absolute atomic E-state index is 0.0712. The molecule has 1 aromatic heterocycles. The van der Waals surface area contributed by atoms with Gasteiger partial charge in [0.2, 0.25) is 0 Å². The Morgan fingerprint density at radius 1 is 1.56 bits per heavy atom. The molecule has 2 N–H and O–H groups in total. The van der Waals surface area contributed by atoms with Gasteiger partial charge in [-0.3, -0.25) is 4.68 Å². The molecule has 2 unspecified atom stereocenters. The minimum atomic E-state index is -0.0712. The summed E-state index contributed by atoms with van der Waals surface area (Å²) in [7, 11) is 0. The molecule has 0 aromatic carbocycles. The predicted molar refractivity (Wildman–Crippen MR) is 64.0 cm³/mol. The van der Waals surface area contributed by atoms with Crippen LogP contribution < -0.4 is 5.73 Å². The number of hydrogen-bond acceptors (Lipinski definition) is 3. The molecule has 2 rings (SSSR count). The van der Waals surface area contributed by atoms with Crippen LogP contribution in [0.25, 0.3) is 0 Å². The van der Waals surface area contributed by atoms with Gasteiger partial charge < -0.3 is 5.73 Å². The molecule has 2 atom stereocenters. The number of nitrogens with two attached hydrogens (primary N) is 1. The summed E-state index contributed by atoms with van der Waals surface area (Å²) in [5.41, 5.74) is 6.47. The molecule has 90 valence electrons. The van der Waals surface area contributed by atoms with Gasteiger partial charge in [-0.15, -0.1) is 0 Å². The van der Waals surface area contributed by atoms with Crippen LogP contribution in [0.5, 0.6) is 0 Å². The summed E-state index contributed by atoms with van der Waals surface area (Å²) in [5, 5.41) is 4.21. The van der Waals surface area contributed by atoms with E-state index in [9.17, 15) is 0 Å². The van der Waals surface area contributed by atoms with Crippen LogP contribution >= 0.6 is 0 Å². The molecule has 0 amide bonds. The monoisotopic (exact) mass is 222 g/mol. The fraction of sp³-hybridized carbons (Fsp3) is 0.833. The van der Waals surface area contributed by atoms with Crippen LogP contribution in [0.2, 0.25) is 0 Å². The Labute approximate surface area is 97.2 Å². The first-order valence-corrected chi connectivity index (χ1v) is 6.31. The van der Waals surface area contributed by atoms with E-state index in [0.717, 1.165) is 25.2 Å².